The average molecular weight is 383 g/mol. The van der Waals surface area contributed by atoms with Crippen LogP contribution in [0.5, 0.6) is 5.75 Å². The van der Waals surface area contributed by atoms with Gasteiger partial charge in [-0.3, -0.25) is 0 Å². The van der Waals surface area contributed by atoms with Gasteiger partial charge in [0.1, 0.15) is 11.3 Å². The second kappa shape index (κ2) is 5.89. The molecule has 2 aromatic carbocycles. The number of nitrogens with zero attached hydrogens (tertiary/aromatic N) is 4. The highest BCUT2D eigenvalue weighted by molar-refractivity contribution is 9.10. The second-order valence-corrected chi connectivity index (χ2v) is 6.02. The highest BCUT2D eigenvalue weighted by atomic mass is 79.9. The average Bonchev–Trinajstić information content (AvgIpc) is 2.94. The largest absolute Gasteiger partial charge is 0.508 e. The molecule has 0 radical (unpaired) electrons. The van der Waals surface area contributed by atoms with E-state index in [2.05, 4.69) is 46.6 Å². The van der Waals surface area contributed by atoms with Gasteiger partial charge in [0.15, 0.2) is 5.65 Å². The van der Waals surface area contributed by atoms with E-state index in [1.54, 1.807) is 30.5 Å². The van der Waals surface area contributed by atoms with Crippen molar-refractivity contribution >= 4 is 50.2 Å². The number of hydrogen-bond acceptors (Lipinski definition) is 6. The number of hydrogen-bond donors (Lipinski definition) is 3. The predicted octanol–water partition coefficient (Wildman–Crippen LogP) is 3.42. The number of aromatic nitrogens is 4. The lowest BCUT2D eigenvalue weighted by atomic mass is 10.2. The molecule has 0 amide bonds. The number of phenolic OH excluding ortho intramolecular Hbond substituents is 1. The molecule has 0 fully saturated rings. The van der Waals surface area contributed by atoms with E-state index in [1.807, 2.05) is 18.2 Å². The van der Waals surface area contributed by atoms with Gasteiger partial charge in [-0.1, -0.05) is 15.9 Å². The summed E-state index contributed by atoms with van der Waals surface area (Å²) >= 11 is 3.45. The van der Waals surface area contributed by atoms with Crippen LogP contribution in [0.3, 0.4) is 0 Å². The topological polar surface area (TPSA) is 99.1 Å². The molecule has 0 saturated carbocycles. The van der Waals surface area contributed by atoms with Gasteiger partial charge in [0.2, 0.25) is 0 Å². The number of halogens is 1. The monoisotopic (exact) mass is 382 g/mol. The number of fused-ring (bicyclic) bond motifs is 3. The third-order valence-corrected chi connectivity index (χ3v) is 3.94. The smallest absolute Gasteiger partial charge is 0.265 e. The number of aromatic amines is 1. The Hall–Kier alpha value is -3.00. The zero-order valence-electron chi connectivity index (χ0n) is 12.2. The van der Waals surface area contributed by atoms with Crippen molar-refractivity contribution in [1.82, 2.24) is 20.2 Å². The van der Waals surface area contributed by atoms with Crippen LogP contribution in [0.2, 0.25) is 0 Å². The molecule has 0 spiro atoms. The van der Waals surface area contributed by atoms with Crippen molar-refractivity contribution in [1.29, 1.82) is 0 Å². The first-order valence-electron chi connectivity index (χ1n) is 7.09. The quantitative estimate of drug-likeness (QED) is 0.372. The Morgan fingerprint density at radius 3 is 2.79 bits per heavy atom. The Morgan fingerprint density at radius 1 is 1.12 bits per heavy atom. The molecule has 24 heavy (non-hydrogen) atoms. The number of rotatable bonds is 3. The van der Waals surface area contributed by atoms with Crippen molar-refractivity contribution in [2.75, 3.05) is 5.43 Å². The van der Waals surface area contributed by atoms with Crippen LogP contribution < -0.4 is 5.43 Å². The SMILES string of the molecule is Oc1ccc(C=NNc2nnc3c(n2)[nH]c2ccc(Br)cc23)cc1. The minimum absolute atomic E-state index is 0.212. The molecule has 0 saturated heterocycles. The maximum absolute atomic E-state index is 9.24. The van der Waals surface area contributed by atoms with Crippen LogP contribution >= 0.6 is 15.9 Å². The van der Waals surface area contributed by atoms with E-state index in [1.165, 1.54) is 0 Å². The summed E-state index contributed by atoms with van der Waals surface area (Å²) in [6, 6.07) is 12.6. The van der Waals surface area contributed by atoms with E-state index in [0.29, 0.717) is 17.1 Å². The normalized spacial score (nSPS) is 11.5. The molecule has 2 aromatic heterocycles. The molecular formula is C16H11BrN6O. The van der Waals surface area contributed by atoms with Crippen LogP contribution in [-0.4, -0.2) is 31.5 Å². The van der Waals surface area contributed by atoms with Gasteiger partial charge < -0.3 is 10.1 Å². The minimum atomic E-state index is 0.212. The number of phenols is 1. The summed E-state index contributed by atoms with van der Waals surface area (Å²) < 4.78 is 0.971. The van der Waals surface area contributed by atoms with Crippen molar-refractivity contribution in [3.63, 3.8) is 0 Å². The fraction of sp³-hybridized carbons (Fsp3) is 0. The molecule has 0 aliphatic rings. The maximum atomic E-state index is 9.24. The molecule has 2 heterocycles. The molecule has 4 aromatic rings. The Bertz CT molecular complexity index is 1060. The van der Waals surface area contributed by atoms with Crippen LogP contribution in [0.25, 0.3) is 22.1 Å². The molecule has 118 valence electrons. The number of aromatic hydroxyl groups is 1. The van der Waals surface area contributed by atoms with E-state index >= 15 is 0 Å². The molecular weight excluding hydrogens is 372 g/mol. The summed E-state index contributed by atoms with van der Waals surface area (Å²) in [6.07, 6.45) is 1.61. The first-order chi connectivity index (χ1) is 11.7. The zero-order chi connectivity index (χ0) is 16.5. The van der Waals surface area contributed by atoms with Crippen molar-refractivity contribution in [3.05, 3.63) is 52.5 Å². The Labute approximate surface area is 144 Å². The van der Waals surface area contributed by atoms with Gasteiger partial charge in [-0.25, -0.2) is 5.43 Å². The van der Waals surface area contributed by atoms with Crippen LogP contribution in [0, 0.1) is 0 Å². The van der Waals surface area contributed by atoms with E-state index in [-0.39, 0.29) is 5.75 Å². The fourth-order valence-electron chi connectivity index (χ4n) is 2.32. The van der Waals surface area contributed by atoms with Crippen molar-refractivity contribution in [3.8, 4) is 5.75 Å². The predicted molar refractivity (Wildman–Crippen MR) is 96.2 cm³/mol. The molecule has 8 heteroatoms. The Balaban J connectivity index is 1.60. The third kappa shape index (κ3) is 2.79. The van der Waals surface area contributed by atoms with Gasteiger partial charge in [0.05, 0.1) is 6.21 Å². The molecule has 7 nitrogen and oxygen atoms in total. The third-order valence-electron chi connectivity index (χ3n) is 3.45. The molecule has 3 N–H and O–H groups in total. The summed E-state index contributed by atoms with van der Waals surface area (Å²) in [4.78, 5) is 7.58. The van der Waals surface area contributed by atoms with E-state index < -0.39 is 0 Å². The zero-order valence-corrected chi connectivity index (χ0v) is 13.8. The number of nitrogens with one attached hydrogen (secondary N) is 2. The highest BCUT2D eigenvalue weighted by Gasteiger charge is 2.09. The molecule has 0 aliphatic heterocycles. The summed E-state index contributed by atoms with van der Waals surface area (Å²) in [5.74, 6) is 0.506. The first kappa shape index (κ1) is 14.6. The van der Waals surface area contributed by atoms with Gasteiger partial charge in [-0.2, -0.15) is 10.1 Å². The first-order valence-corrected chi connectivity index (χ1v) is 7.88. The van der Waals surface area contributed by atoms with Gasteiger partial charge >= 0.3 is 0 Å². The molecule has 0 atom stereocenters. The van der Waals surface area contributed by atoms with E-state index in [0.717, 1.165) is 20.9 Å². The van der Waals surface area contributed by atoms with Gasteiger partial charge in [0, 0.05) is 15.4 Å². The number of benzene rings is 2. The number of hydrazone groups is 1. The van der Waals surface area contributed by atoms with Crippen LogP contribution in [0.15, 0.2) is 52.0 Å². The van der Waals surface area contributed by atoms with Gasteiger partial charge in [-0.15, -0.1) is 10.2 Å². The second-order valence-electron chi connectivity index (χ2n) is 5.11. The molecule has 0 unspecified atom stereocenters. The molecule has 0 bridgehead atoms. The van der Waals surface area contributed by atoms with E-state index in [9.17, 15) is 5.11 Å². The standard InChI is InChI=1S/C16H11BrN6O/c17-10-3-6-13-12(7-10)14-15(19-13)20-16(23-21-14)22-18-8-9-1-4-11(24)5-2-9/h1-8,24H,(H2,19,20,22,23). The number of H-pyrrole nitrogens is 1. The molecule has 4 rings (SSSR count). The van der Waals surface area contributed by atoms with E-state index in [4.69, 9.17) is 0 Å². The Morgan fingerprint density at radius 2 is 1.96 bits per heavy atom. The minimum Gasteiger partial charge on any atom is -0.508 e. The van der Waals surface area contributed by atoms with Crippen LogP contribution in [0.1, 0.15) is 5.56 Å². The summed E-state index contributed by atoms with van der Waals surface area (Å²) in [7, 11) is 0. The lowest BCUT2D eigenvalue weighted by Gasteiger charge is -1.97. The van der Waals surface area contributed by atoms with Gasteiger partial charge in [0.25, 0.3) is 5.95 Å². The summed E-state index contributed by atoms with van der Waals surface area (Å²) in [6.45, 7) is 0. The maximum Gasteiger partial charge on any atom is 0.265 e. The molecule has 0 aliphatic carbocycles. The summed E-state index contributed by atoms with van der Waals surface area (Å²) in [5, 5.41) is 22.5. The van der Waals surface area contributed by atoms with Gasteiger partial charge in [-0.05, 0) is 48.0 Å². The Kier molecular flexibility index (Phi) is 3.58. The van der Waals surface area contributed by atoms with Crippen LogP contribution in [-0.2, 0) is 0 Å². The fourth-order valence-corrected chi connectivity index (χ4v) is 2.68. The van der Waals surface area contributed by atoms with Crippen molar-refractivity contribution in [2.24, 2.45) is 5.10 Å². The summed E-state index contributed by atoms with van der Waals surface area (Å²) in [5.41, 5.74) is 5.88. The lowest BCUT2D eigenvalue weighted by Crippen LogP contribution is -1.98. The van der Waals surface area contributed by atoms with Crippen molar-refractivity contribution < 1.29 is 5.11 Å². The lowest BCUT2D eigenvalue weighted by molar-refractivity contribution is 0.475. The number of anilines is 1. The van der Waals surface area contributed by atoms with Crippen molar-refractivity contribution in [2.45, 2.75) is 0 Å². The van der Waals surface area contributed by atoms with Crippen LogP contribution in [0.4, 0.5) is 5.95 Å². The highest BCUT2D eigenvalue weighted by Crippen LogP contribution is 2.25.